The third-order valence-electron chi connectivity index (χ3n) is 7.69. The first-order chi connectivity index (χ1) is 14.7. The van der Waals surface area contributed by atoms with Crippen molar-refractivity contribution in [2.24, 2.45) is 35.5 Å². The molecule has 2 aromatic carbocycles. The summed E-state index contributed by atoms with van der Waals surface area (Å²) in [4.78, 5) is 26.8. The van der Waals surface area contributed by atoms with Gasteiger partial charge < -0.3 is 0 Å². The molecule has 3 aliphatic rings. The number of fused-ring (bicyclic) bond motifs is 2. The summed E-state index contributed by atoms with van der Waals surface area (Å²) in [6.07, 6.45) is 1.09. The number of benzene rings is 2. The number of nitriles is 2. The number of nitrogens with zero attached hydrogens (tertiary/aromatic N) is 2. The lowest BCUT2D eigenvalue weighted by molar-refractivity contribution is -0.127. The van der Waals surface area contributed by atoms with Crippen molar-refractivity contribution in [2.75, 3.05) is 0 Å². The van der Waals surface area contributed by atoms with Crippen LogP contribution in [-0.4, -0.2) is 11.6 Å². The maximum absolute atomic E-state index is 13.4. The second-order valence-electron chi connectivity index (χ2n) is 8.90. The Balaban J connectivity index is 1.50. The van der Waals surface area contributed by atoms with Crippen molar-refractivity contribution >= 4 is 11.6 Å². The van der Waals surface area contributed by atoms with E-state index in [0.717, 1.165) is 11.1 Å². The van der Waals surface area contributed by atoms with Crippen LogP contribution in [0.4, 0.5) is 0 Å². The van der Waals surface area contributed by atoms with Gasteiger partial charge in [0.05, 0.1) is 35.8 Å². The van der Waals surface area contributed by atoms with Crippen LogP contribution in [0.2, 0.25) is 0 Å². The van der Waals surface area contributed by atoms with Crippen LogP contribution in [0.15, 0.2) is 60.7 Å². The molecule has 3 aliphatic carbocycles. The number of hydrogen-bond donors (Lipinski definition) is 0. The topological polar surface area (TPSA) is 81.7 Å². The third kappa shape index (κ3) is 2.64. The van der Waals surface area contributed by atoms with Crippen molar-refractivity contribution in [1.82, 2.24) is 0 Å². The van der Waals surface area contributed by atoms with Crippen molar-refractivity contribution in [3.8, 4) is 12.1 Å². The lowest BCUT2D eigenvalue weighted by Crippen LogP contribution is -2.34. The van der Waals surface area contributed by atoms with Crippen LogP contribution in [0.3, 0.4) is 0 Å². The van der Waals surface area contributed by atoms with Gasteiger partial charge in [-0.1, -0.05) is 60.7 Å². The second kappa shape index (κ2) is 7.22. The molecule has 148 valence electrons. The highest BCUT2D eigenvalue weighted by atomic mass is 16.1. The van der Waals surface area contributed by atoms with E-state index in [4.69, 9.17) is 0 Å². The van der Waals surface area contributed by atoms with Crippen molar-refractivity contribution in [3.63, 3.8) is 0 Å². The van der Waals surface area contributed by atoms with E-state index in [-0.39, 0.29) is 35.2 Å². The Hall–Kier alpha value is -3.24. The molecule has 5 rings (SSSR count). The number of Topliss-reactive ketones (excluding diaryl/α,β-unsaturated/α-hetero) is 2. The second-order valence-corrected chi connectivity index (χ2v) is 8.90. The Morgan fingerprint density at radius 1 is 0.633 bits per heavy atom. The molecular formula is C26H22N2O2. The molecule has 3 fully saturated rings. The molecule has 30 heavy (non-hydrogen) atoms. The monoisotopic (exact) mass is 394 g/mol. The van der Waals surface area contributed by atoms with Gasteiger partial charge in [-0.05, 0) is 35.8 Å². The van der Waals surface area contributed by atoms with Gasteiger partial charge in [-0.3, -0.25) is 9.59 Å². The molecule has 0 amide bonds. The van der Waals surface area contributed by atoms with Crippen LogP contribution in [0.25, 0.3) is 0 Å². The fourth-order valence-electron chi connectivity index (χ4n) is 6.43. The van der Waals surface area contributed by atoms with Crippen molar-refractivity contribution in [1.29, 1.82) is 10.5 Å². The molecule has 0 bridgehead atoms. The van der Waals surface area contributed by atoms with E-state index >= 15 is 0 Å². The van der Waals surface area contributed by atoms with Gasteiger partial charge in [-0.15, -0.1) is 0 Å². The molecular weight excluding hydrogens is 372 g/mol. The summed E-state index contributed by atoms with van der Waals surface area (Å²) in [7, 11) is 0. The SMILES string of the molecule is N#CC1C(c2ccccc2)C(=O)C2CC3C(=O)C(c4ccccc4)C(C#N)C3CC21. The normalized spacial score (nSPS) is 37.1. The summed E-state index contributed by atoms with van der Waals surface area (Å²) in [5.41, 5.74) is 1.78. The van der Waals surface area contributed by atoms with Crippen LogP contribution in [0.1, 0.15) is 35.8 Å². The van der Waals surface area contributed by atoms with Gasteiger partial charge in [0.25, 0.3) is 0 Å². The van der Waals surface area contributed by atoms with Crippen molar-refractivity contribution in [3.05, 3.63) is 71.8 Å². The zero-order valence-electron chi connectivity index (χ0n) is 16.5. The van der Waals surface area contributed by atoms with Gasteiger partial charge in [-0.2, -0.15) is 10.5 Å². The summed E-state index contributed by atoms with van der Waals surface area (Å²) >= 11 is 0. The molecule has 3 saturated carbocycles. The minimum Gasteiger partial charge on any atom is -0.299 e. The van der Waals surface area contributed by atoms with E-state index < -0.39 is 23.7 Å². The molecule has 0 aliphatic heterocycles. The number of rotatable bonds is 2. The van der Waals surface area contributed by atoms with Gasteiger partial charge in [0.1, 0.15) is 11.6 Å². The molecule has 0 radical (unpaired) electrons. The molecule has 4 nitrogen and oxygen atoms in total. The zero-order chi connectivity index (χ0) is 20.8. The maximum atomic E-state index is 13.4. The Morgan fingerprint density at radius 2 is 1.03 bits per heavy atom. The van der Waals surface area contributed by atoms with Gasteiger partial charge in [-0.25, -0.2) is 0 Å². The molecule has 4 heteroatoms. The fraction of sp³-hybridized carbons (Fsp3) is 0.385. The smallest absolute Gasteiger partial charge is 0.145 e. The molecule has 0 heterocycles. The van der Waals surface area contributed by atoms with E-state index in [1.165, 1.54) is 0 Å². The van der Waals surface area contributed by atoms with Gasteiger partial charge >= 0.3 is 0 Å². The third-order valence-corrected chi connectivity index (χ3v) is 7.69. The minimum absolute atomic E-state index is 0.0767. The molecule has 0 aromatic heterocycles. The van der Waals surface area contributed by atoms with Crippen LogP contribution in [0, 0.1) is 58.2 Å². The van der Waals surface area contributed by atoms with E-state index in [1.54, 1.807) is 0 Å². The average molecular weight is 394 g/mol. The van der Waals surface area contributed by atoms with E-state index in [2.05, 4.69) is 12.1 Å². The van der Waals surface area contributed by atoms with Crippen LogP contribution in [-0.2, 0) is 9.59 Å². The summed E-state index contributed by atoms with van der Waals surface area (Å²) in [5.74, 6) is -2.12. The molecule has 8 atom stereocenters. The first-order valence-electron chi connectivity index (χ1n) is 10.6. The Kier molecular flexibility index (Phi) is 4.52. The number of carbonyl (C=O) groups is 2. The standard InChI is InChI=1S/C26H22N2O2/c27-13-21-17-11-18-20(12-19(17)25(29)23(21)15-7-3-1-4-8-15)26(30)24(22(18)14-28)16-9-5-2-6-10-16/h1-10,17-24H,11-12H2. The highest BCUT2D eigenvalue weighted by Crippen LogP contribution is 2.59. The molecule has 2 aromatic rings. The van der Waals surface area contributed by atoms with E-state index in [1.807, 2.05) is 60.7 Å². The van der Waals surface area contributed by atoms with Crippen LogP contribution < -0.4 is 0 Å². The van der Waals surface area contributed by atoms with Gasteiger partial charge in [0.2, 0.25) is 0 Å². The Labute approximate surface area is 176 Å². The summed E-state index contributed by atoms with van der Waals surface area (Å²) in [6.45, 7) is 0. The van der Waals surface area contributed by atoms with Crippen molar-refractivity contribution < 1.29 is 9.59 Å². The predicted molar refractivity (Wildman–Crippen MR) is 110 cm³/mol. The quantitative estimate of drug-likeness (QED) is 0.762. The first kappa shape index (κ1) is 18.8. The number of hydrogen-bond acceptors (Lipinski definition) is 4. The minimum atomic E-state index is -0.425. The molecule has 0 spiro atoms. The predicted octanol–water partition coefficient (Wildman–Crippen LogP) is 4.26. The number of carbonyl (C=O) groups excluding carboxylic acids is 2. The maximum Gasteiger partial charge on any atom is 0.145 e. The number of ketones is 2. The molecule has 0 N–H and O–H groups in total. The van der Waals surface area contributed by atoms with Crippen LogP contribution in [0.5, 0.6) is 0 Å². The largest absolute Gasteiger partial charge is 0.299 e. The Bertz CT molecular complexity index is 980. The zero-order valence-corrected chi connectivity index (χ0v) is 16.5. The van der Waals surface area contributed by atoms with E-state index in [0.29, 0.717) is 12.8 Å². The summed E-state index contributed by atoms with van der Waals surface area (Å²) < 4.78 is 0. The fourth-order valence-corrected chi connectivity index (χ4v) is 6.43. The van der Waals surface area contributed by atoms with Gasteiger partial charge in [0, 0.05) is 11.8 Å². The van der Waals surface area contributed by atoms with Crippen molar-refractivity contribution in [2.45, 2.75) is 24.7 Å². The highest BCUT2D eigenvalue weighted by molar-refractivity contribution is 5.95. The lowest BCUT2D eigenvalue weighted by Gasteiger charge is -2.35. The molecule has 0 saturated heterocycles. The Morgan fingerprint density at radius 3 is 1.40 bits per heavy atom. The van der Waals surface area contributed by atoms with Gasteiger partial charge in [0.15, 0.2) is 0 Å². The highest BCUT2D eigenvalue weighted by Gasteiger charge is 2.61. The summed E-state index contributed by atoms with van der Waals surface area (Å²) in [6, 6.07) is 23.9. The van der Waals surface area contributed by atoms with E-state index in [9.17, 15) is 20.1 Å². The molecule has 8 unspecified atom stereocenters. The van der Waals surface area contributed by atoms with Crippen LogP contribution >= 0.6 is 0 Å². The average Bonchev–Trinajstić information content (AvgIpc) is 3.23. The first-order valence-corrected chi connectivity index (χ1v) is 10.6. The lowest BCUT2D eigenvalue weighted by atomic mass is 9.67. The summed E-state index contributed by atoms with van der Waals surface area (Å²) in [5, 5.41) is 19.9.